The van der Waals surface area contributed by atoms with Crippen LogP contribution in [0.5, 0.6) is 0 Å². The van der Waals surface area contributed by atoms with Crippen LogP contribution in [0.4, 0.5) is 5.69 Å². The second kappa shape index (κ2) is 9.22. The van der Waals surface area contributed by atoms with Crippen molar-refractivity contribution in [2.75, 3.05) is 18.0 Å². The van der Waals surface area contributed by atoms with E-state index in [1.54, 1.807) is 30.4 Å². The minimum absolute atomic E-state index is 0.304. The van der Waals surface area contributed by atoms with E-state index in [2.05, 4.69) is 24.1 Å². The summed E-state index contributed by atoms with van der Waals surface area (Å²) in [4.78, 5) is 27.5. The van der Waals surface area contributed by atoms with Gasteiger partial charge in [0.05, 0.1) is 12.1 Å². The van der Waals surface area contributed by atoms with E-state index in [9.17, 15) is 9.59 Å². The summed E-state index contributed by atoms with van der Waals surface area (Å²) in [5, 5.41) is 4.72. The van der Waals surface area contributed by atoms with Gasteiger partial charge in [-0.15, -0.1) is 11.3 Å². The van der Waals surface area contributed by atoms with Crippen molar-refractivity contribution in [1.82, 2.24) is 5.32 Å². The van der Waals surface area contributed by atoms with Crippen LogP contribution >= 0.6 is 11.3 Å². The Kier molecular flexibility index (Phi) is 7.01. The van der Waals surface area contributed by atoms with E-state index in [0.29, 0.717) is 12.1 Å². The van der Waals surface area contributed by atoms with Crippen LogP contribution < -0.4 is 10.2 Å². The summed E-state index contributed by atoms with van der Waals surface area (Å²) >= 11 is 1.57. The average Bonchev–Trinajstić information content (AvgIpc) is 3.14. The minimum atomic E-state index is -0.838. The number of thiophene rings is 1. The molecule has 1 unspecified atom stereocenters. The Labute approximate surface area is 152 Å². The highest BCUT2D eigenvalue weighted by Crippen LogP contribution is 2.16. The normalized spacial score (nSPS) is 11.6. The van der Waals surface area contributed by atoms with Gasteiger partial charge in [0, 0.05) is 23.7 Å². The Balaban J connectivity index is 1.88. The van der Waals surface area contributed by atoms with E-state index in [4.69, 9.17) is 4.74 Å². The SMILES string of the molecule is CCN(CC)c1ccc(C(=O)OC(C)C(=O)NCc2cccs2)cc1. The molecule has 0 aliphatic carbocycles. The molecular formula is C19H24N2O3S. The Morgan fingerprint density at radius 1 is 1.16 bits per heavy atom. The Morgan fingerprint density at radius 2 is 1.84 bits per heavy atom. The molecule has 1 heterocycles. The minimum Gasteiger partial charge on any atom is -0.449 e. The van der Waals surface area contributed by atoms with Crippen molar-refractivity contribution >= 4 is 28.9 Å². The van der Waals surface area contributed by atoms with E-state index < -0.39 is 12.1 Å². The first kappa shape index (κ1) is 19.0. The van der Waals surface area contributed by atoms with Crippen LogP contribution in [0.2, 0.25) is 0 Å². The maximum atomic E-state index is 12.2. The number of rotatable bonds is 8. The molecule has 0 bridgehead atoms. The van der Waals surface area contributed by atoms with E-state index >= 15 is 0 Å². The van der Waals surface area contributed by atoms with Crippen molar-refractivity contribution in [3.05, 3.63) is 52.2 Å². The van der Waals surface area contributed by atoms with Crippen molar-refractivity contribution in [2.45, 2.75) is 33.4 Å². The molecule has 0 saturated carbocycles. The molecule has 6 heteroatoms. The molecule has 2 aromatic rings. The molecule has 0 aliphatic heterocycles. The summed E-state index contributed by atoms with van der Waals surface area (Å²) in [7, 11) is 0. The lowest BCUT2D eigenvalue weighted by Crippen LogP contribution is -2.35. The molecule has 5 nitrogen and oxygen atoms in total. The highest BCUT2D eigenvalue weighted by Gasteiger charge is 2.19. The molecule has 0 aliphatic rings. The smallest absolute Gasteiger partial charge is 0.338 e. The standard InChI is InChI=1S/C19H24N2O3S/c1-4-21(5-2)16-10-8-15(9-11-16)19(23)24-14(3)18(22)20-13-17-7-6-12-25-17/h6-12,14H,4-5,13H2,1-3H3,(H,20,22). The Bertz CT molecular complexity index is 679. The van der Waals surface area contributed by atoms with E-state index in [-0.39, 0.29) is 5.91 Å². The molecule has 0 saturated heterocycles. The molecule has 1 N–H and O–H groups in total. The topological polar surface area (TPSA) is 58.6 Å². The van der Waals surface area contributed by atoms with Crippen LogP contribution in [0.1, 0.15) is 36.0 Å². The average molecular weight is 360 g/mol. The van der Waals surface area contributed by atoms with Gasteiger partial charge in [0.15, 0.2) is 6.10 Å². The van der Waals surface area contributed by atoms with Crippen LogP contribution in [-0.2, 0) is 16.1 Å². The molecule has 1 atom stereocenters. The molecule has 0 radical (unpaired) electrons. The summed E-state index contributed by atoms with van der Waals surface area (Å²) < 4.78 is 5.26. The van der Waals surface area contributed by atoms with Gasteiger partial charge in [0.2, 0.25) is 0 Å². The van der Waals surface area contributed by atoms with Gasteiger partial charge < -0.3 is 15.0 Å². The van der Waals surface area contributed by atoms with Gasteiger partial charge in [-0.25, -0.2) is 4.79 Å². The summed E-state index contributed by atoms with van der Waals surface area (Å²) in [6, 6.07) is 11.1. The number of benzene rings is 1. The van der Waals surface area contributed by atoms with Gasteiger partial charge in [-0.3, -0.25) is 4.79 Å². The van der Waals surface area contributed by atoms with E-state index in [1.807, 2.05) is 29.6 Å². The maximum Gasteiger partial charge on any atom is 0.338 e. The zero-order valence-corrected chi connectivity index (χ0v) is 15.6. The third kappa shape index (κ3) is 5.32. The quantitative estimate of drug-likeness (QED) is 0.733. The molecule has 1 amide bonds. The van der Waals surface area contributed by atoms with Crippen LogP contribution in [0.15, 0.2) is 41.8 Å². The van der Waals surface area contributed by atoms with Gasteiger partial charge in [0.1, 0.15) is 0 Å². The number of anilines is 1. The first-order valence-corrected chi connectivity index (χ1v) is 9.29. The highest BCUT2D eigenvalue weighted by molar-refractivity contribution is 7.09. The molecule has 1 aromatic carbocycles. The van der Waals surface area contributed by atoms with Gasteiger partial charge in [-0.2, -0.15) is 0 Å². The monoisotopic (exact) mass is 360 g/mol. The third-order valence-corrected chi connectivity index (χ3v) is 4.78. The second-order valence-corrected chi connectivity index (χ2v) is 6.60. The maximum absolute atomic E-state index is 12.2. The van der Waals surface area contributed by atoms with Gasteiger partial charge in [0.25, 0.3) is 5.91 Å². The van der Waals surface area contributed by atoms with Crippen LogP contribution in [0.25, 0.3) is 0 Å². The number of nitrogens with one attached hydrogen (secondary N) is 1. The lowest BCUT2D eigenvalue weighted by atomic mass is 10.2. The van der Waals surface area contributed by atoms with Crippen molar-refractivity contribution in [3.8, 4) is 0 Å². The van der Waals surface area contributed by atoms with Gasteiger partial charge >= 0.3 is 5.97 Å². The zero-order valence-electron chi connectivity index (χ0n) is 14.8. The molecule has 2 rings (SSSR count). The summed E-state index contributed by atoms with van der Waals surface area (Å²) in [6.45, 7) is 8.00. The summed E-state index contributed by atoms with van der Waals surface area (Å²) in [6.07, 6.45) is -0.838. The first-order valence-electron chi connectivity index (χ1n) is 8.41. The van der Waals surface area contributed by atoms with E-state index in [0.717, 1.165) is 23.7 Å². The summed E-state index contributed by atoms with van der Waals surface area (Å²) in [5.74, 6) is -0.800. The van der Waals surface area contributed by atoms with Crippen molar-refractivity contribution in [1.29, 1.82) is 0 Å². The number of ether oxygens (including phenoxy) is 1. The fourth-order valence-corrected chi connectivity index (χ4v) is 3.05. The van der Waals surface area contributed by atoms with Crippen molar-refractivity contribution in [2.24, 2.45) is 0 Å². The van der Waals surface area contributed by atoms with Crippen molar-refractivity contribution < 1.29 is 14.3 Å². The molecule has 0 spiro atoms. The molecular weight excluding hydrogens is 336 g/mol. The number of hydrogen-bond acceptors (Lipinski definition) is 5. The van der Waals surface area contributed by atoms with Gasteiger partial charge in [-0.1, -0.05) is 6.07 Å². The van der Waals surface area contributed by atoms with Crippen LogP contribution in [0.3, 0.4) is 0 Å². The van der Waals surface area contributed by atoms with Crippen LogP contribution in [-0.4, -0.2) is 31.1 Å². The van der Waals surface area contributed by atoms with Crippen LogP contribution in [0, 0.1) is 0 Å². The molecule has 134 valence electrons. The number of hydrogen-bond donors (Lipinski definition) is 1. The number of carbonyl (C=O) groups excluding carboxylic acids is 2. The zero-order chi connectivity index (χ0) is 18.2. The van der Waals surface area contributed by atoms with Crippen molar-refractivity contribution in [3.63, 3.8) is 0 Å². The first-order chi connectivity index (χ1) is 12.0. The number of carbonyl (C=O) groups is 2. The molecule has 0 fully saturated rings. The molecule has 1 aromatic heterocycles. The number of esters is 1. The number of nitrogens with zero attached hydrogens (tertiary/aromatic N) is 1. The largest absolute Gasteiger partial charge is 0.449 e. The summed E-state index contributed by atoms with van der Waals surface area (Å²) in [5.41, 5.74) is 1.50. The lowest BCUT2D eigenvalue weighted by molar-refractivity contribution is -0.129. The predicted molar refractivity (Wildman–Crippen MR) is 101 cm³/mol. The predicted octanol–water partition coefficient (Wildman–Crippen LogP) is 3.46. The second-order valence-electron chi connectivity index (χ2n) is 5.56. The molecule has 25 heavy (non-hydrogen) atoms. The van der Waals surface area contributed by atoms with Gasteiger partial charge in [-0.05, 0) is 56.5 Å². The fraction of sp³-hybridized carbons (Fsp3) is 0.368. The third-order valence-electron chi connectivity index (χ3n) is 3.90. The Hall–Kier alpha value is -2.34. The fourth-order valence-electron chi connectivity index (χ4n) is 2.41. The Morgan fingerprint density at radius 3 is 2.40 bits per heavy atom. The lowest BCUT2D eigenvalue weighted by Gasteiger charge is -2.21. The highest BCUT2D eigenvalue weighted by atomic mass is 32.1. The number of amides is 1. The van der Waals surface area contributed by atoms with E-state index in [1.165, 1.54) is 0 Å².